The Morgan fingerprint density at radius 3 is 2.35 bits per heavy atom. The number of piperazine rings is 1. The molecule has 1 fully saturated rings. The minimum atomic E-state index is 0.153. The van der Waals surface area contributed by atoms with E-state index >= 15 is 0 Å². The summed E-state index contributed by atoms with van der Waals surface area (Å²) < 4.78 is 0. The highest BCUT2D eigenvalue weighted by molar-refractivity contribution is 5.55. The van der Waals surface area contributed by atoms with Gasteiger partial charge in [-0.15, -0.1) is 0 Å². The highest BCUT2D eigenvalue weighted by Crippen LogP contribution is 2.27. The first-order valence-electron chi connectivity index (χ1n) is 7.93. The SMILES string of the molecule is CC[C@H](N)c1ccccc1N1CCN(CC(C)C)CC1. The predicted molar refractivity (Wildman–Crippen MR) is 87.2 cm³/mol. The van der Waals surface area contributed by atoms with E-state index < -0.39 is 0 Å². The lowest BCUT2D eigenvalue weighted by Gasteiger charge is -2.38. The molecule has 20 heavy (non-hydrogen) atoms. The number of nitrogens with two attached hydrogens (primary N) is 1. The lowest BCUT2D eigenvalue weighted by atomic mass is 10.0. The van der Waals surface area contributed by atoms with Gasteiger partial charge in [0.1, 0.15) is 0 Å². The van der Waals surface area contributed by atoms with Crippen LogP contribution in [0, 0.1) is 5.92 Å². The van der Waals surface area contributed by atoms with Crippen LogP contribution in [0.1, 0.15) is 38.8 Å². The Labute approximate surface area is 123 Å². The van der Waals surface area contributed by atoms with Crippen LogP contribution >= 0.6 is 0 Å². The maximum atomic E-state index is 6.26. The molecule has 0 radical (unpaired) electrons. The first kappa shape index (κ1) is 15.3. The lowest BCUT2D eigenvalue weighted by molar-refractivity contribution is 0.231. The number of benzene rings is 1. The van der Waals surface area contributed by atoms with E-state index in [-0.39, 0.29) is 6.04 Å². The topological polar surface area (TPSA) is 32.5 Å². The Morgan fingerprint density at radius 1 is 1.10 bits per heavy atom. The molecule has 2 rings (SSSR count). The van der Waals surface area contributed by atoms with Gasteiger partial charge in [0.2, 0.25) is 0 Å². The van der Waals surface area contributed by atoms with Crippen molar-refractivity contribution >= 4 is 5.69 Å². The quantitative estimate of drug-likeness (QED) is 0.897. The van der Waals surface area contributed by atoms with Gasteiger partial charge in [-0.3, -0.25) is 4.90 Å². The third-order valence-electron chi connectivity index (χ3n) is 4.11. The maximum absolute atomic E-state index is 6.26. The standard InChI is InChI=1S/C17H29N3/c1-4-16(18)15-7-5-6-8-17(15)20-11-9-19(10-12-20)13-14(2)3/h5-8,14,16H,4,9-13,18H2,1-3H3/t16-/m0/s1. The van der Waals surface area contributed by atoms with E-state index in [4.69, 9.17) is 5.73 Å². The fraction of sp³-hybridized carbons (Fsp3) is 0.647. The summed E-state index contributed by atoms with van der Waals surface area (Å²) in [7, 11) is 0. The number of para-hydroxylation sites is 1. The minimum Gasteiger partial charge on any atom is -0.369 e. The highest BCUT2D eigenvalue weighted by Gasteiger charge is 2.20. The van der Waals surface area contributed by atoms with Crippen molar-refractivity contribution in [2.45, 2.75) is 33.2 Å². The summed E-state index contributed by atoms with van der Waals surface area (Å²) in [6, 6.07) is 8.79. The van der Waals surface area contributed by atoms with Crippen LogP contribution in [0.5, 0.6) is 0 Å². The predicted octanol–water partition coefficient (Wildman–Crippen LogP) is 2.87. The minimum absolute atomic E-state index is 0.153. The van der Waals surface area contributed by atoms with Crippen LogP contribution in [0.2, 0.25) is 0 Å². The van der Waals surface area contributed by atoms with Gasteiger partial charge in [0.05, 0.1) is 0 Å². The molecule has 1 saturated heterocycles. The van der Waals surface area contributed by atoms with Gasteiger partial charge in [0, 0.05) is 44.5 Å². The second-order valence-electron chi connectivity index (χ2n) is 6.26. The Kier molecular flexibility index (Phi) is 5.44. The summed E-state index contributed by atoms with van der Waals surface area (Å²) in [5.41, 5.74) is 8.90. The van der Waals surface area contributed by atoms with Gasteiger partial charge in [0.15, 0.2) is 0 Å². The van der Waals surface area contributed by atoms with Crippen LogP contribution in [-0.4, -0.2) is 37.6 Å². The van der Waals surface area contributed by atoms with E-state index in [1.54, 1.807) is 0 Å². The Morgan fingerprint density at radius 2 is 1.75 bits per heavy atom. The largest absolute Gasteiger partial charge is 0.369 e. The van der Waals surface area contributed by atoms with Crippen molar-refractivity contribution < 1.29 is 0 Å². The Balaban J connectivity index is 2.03. The number of nitrogens with zero attached hydrogens (tertiary/aromatic N) is 2. The molecule has 1 heterocycles. The fourth-order valence-corrected chi connectivity index (χ4v) is 3.00. The molecule has 3 nitrogen and oxygen atoms in total. The molecule has 112 valence electrons. The number of rotatable bonds is 5. The van der Waals surface area contributed by atoms with Crippen molar-refractivity contribution in [1.82, 2.24) is 4.90 Å². The van der Waals surface area contributed by atoms with Crippen molar-refractivity contribution in [3.05, 3.63) is 29.8 Å². The molecular weight excluding hydrogens is 246 g/mol. The summed E-state index contributed by atoms with van der Waals surface area (Å²) in [5, 5.41) is 0. The van der Waals surface area contributed by atoms with E-state index in [9.17, 15) is 0 Å². The second kappa shape index (κ2) is 7.09. The molecule has 2 N–H and O–H groups in total. The van der Waals surface area contributed by atoms with Crippen LogP contribution in [0.3, 0.4) is 0 Å². The summed E-state index contributed by atoms with van der Waals surface area (Å²) >= 11 is 0. The Bertz CT molecular complexity index is 408. The van der Waals surface area contributed by atoms with Gasteiger partial charge in [-0.1, -0.05) is 39.0 Å². The van der Waals surface area contributed by atoms with Crippen molar-refractivity contribution in [3.8, 4) is 0 Å². The van der Waals surface area contributed by atoms with E-state index in [2.05, 4.69) is 54.8 Å². The van der Waals surface area contributed by atoms with Crippen molar-refractivity contribution in [3.63, 3.8) is 0 Å². The average molecular weight is 275 g/mol. The normalized spacial score (nSPS) is 18.6. The number of hydrogen-bond donors (Lipinski definition) is 1. The molecule has 0 aliphatic carbocycles. The molecule has 0 amide bonds. The van der Waals surface area contributed by atoms with Crippen LogP contribution in [0.4, 0.5) is 5.69 Å². The van der Waals surface area contributed by atoms with Crippen molar-refractivity contribution in [1.29, 1.82) is 0 Å². The molecule has 0 spiro atoms. The highest BCUT2D eigenvalue weighted by atomic mass is 15.3. The first-order valence-corrected chi connectivity index (χ1v) is 7.93. The first-order chi connectivity index (χ1) is 9.61. The van der Waals surface area contributed by atoms with Gasteiger partial charge in [0.25, 0.3) is 0 Å². The molecule has 3 heteroatoms. The van der Waals surface area contributed by atoms with Crippen LogP contribution in [-0.2, 0) is 0 Å². The summed E-state index contributed by atoms with van der Waals surface area (Å²) in [6.07, 6.45) is 0.990. The molecule has 0 aromatic heterocycles. The van der Waals surface area contributed by atoms with Gasteiger partial charge in [-0.05, 0) is 24.0 Å². The number of anilines is 1. The van der Waals surface area contributed by atoms with Crippen LogP contribution < -0.4 is 10.6 Å². The van der Waals surface area contributed by atoms with Crippen molar-refractivity contribution in [2.24, 2.45) is 11.7 Å². The molecule has 0 saturated carbocycles. The third kappa shape index (κ3) is 3.74. The summed E-state index contributed by atoms with van der Waals surface area (Å²) in [4.78, 5) is 5.07. The number of hydrogen-bond acceptors (Lipinski definition) is 3. The second-order valence-corrected chi connectivity index (χ2v) is 6.26. The van der Waals surface area contributed by atoms with Crippen LogP contribution in [0.15, 0.2) is 24.3 Å². The zero-order valence-electron chi connectivity index (χ0n) is 13.2. The molecule has 1 aliphatic heterocycles. The van der Waals surface area contributed by atoms with E-state index in [0.717, 1.165) is 38.5 Å². The zero-order valence-corrected chi connectivity index (χ0v) is 13.2. The molecule has 1 aliphatic rings. The third-order valence-corrected chi connectivity index (χ3v) is 4.11. The lowest BCUT2D eigenvalue weighted by Crippen LogP contribution is -2.47. The molecule has 1 aromatic rings. The zero-order chi connectivity index (χ0) is 14.5. The maximum Gasteiger partial charge on any atom is 0.0415 e. The molecule has 1 atom stereocenters. The van der Waals surface area contributed by atoms with E-state index in [1.807, 2.05) is 0 Å². The van der Waals surface area contributed by atoms with Gasteiger partial charge < -0.3 is 10.6 Å². The smallest absolute Gasteiger partial charge is 0.0415 e. The fourth-order valence-electron chi connectivity index (χ4n) is 3.00. The molecular formula is C17H29N3. The average Bonchev–Trinajstić information content (AvgIpc) is 2.46. The van der Waals surface area contributed by atoms with Gasteiger partial charge >= 0.3 is 0 Å². The van der Waals surface area contributed by atoms with Crippen LogP contribution in [0.25, 0.3) is 0 Å². The van der Waals surface area contributed by atoms with E-state index in [0.29, 0.717) is 0 Å². The van der Waals surface area contributed by atoms with E-state index in [1.165, 1.54) is 17.8 Å². The molecule has 1 aromatic carbocycles. The van der Waals surface area contributed by atoms with Gasteiger partial charge in [-0.2, -0.15) is 0 Å². The van der Waals surface area contributed by atoms with Gasteiger partial charge in [-0.25, -0.2) is 0 Å². The monoisotopic (exact) mass is 275 g/mol. The molecule has 0 bridgehead atoms. The van der Waals surface area contributed by atoms with Crippen molar-refractivity contribution in [2.75, 3.05) is 37.6 Å². The summed E-state index contributed by atoms with van der Waals surface area (Å²) in [5.74, 6) is 0.752. The molecule has 0 unspecified atom stereocenters. The summed E-state index contributed by atoms with van der Waals surface area (Å²) in [6.45, 7) is 12.5. The Hall–Kier alpha value is -1.06.